The van der Waals surface area contributed by atoms with Crippen molar-refractivity contribution in [1.29, 1.82) is 0 Å². The lowest BCUT2D eigenvalue weighted by molar-refractivity contribution is 0.0697. The Morgan fingerprint density at radius 2 is 1.88 bits per heavy atom. The Bertz CT molecular complexity index is 666. The fourth-order valence-corrected chi connectivity index (χ4v) is 3.92. The highest BCUT2D eigenvalue weighted by atomic mass is 16.4. The van der Waals surface area contributed by atoms with Crippen LogP contribution in [0.1, 0.15) is 53.6 Å². The predicted octanol–water partition coefficient (Wildman–Crippen LogP) is 4.54. The van der Waals surface area contributed by atoms with Gasteiger partial charge in [0.15, 0.2) is 0 Å². The lowest BCUT2D eigenvalue weighted by atomic mass is 9.87. The van der Waals surface area contributed by atoms with Gasteiger partial charge in [-0.05, 0) is 55.0 Å². The predicted molar refractivity (Wildman–Crippen MR) is 96.3 cm³/mol. The molecule has 1 saturated heterocycles. The molecule has 126 valence electrons. The van der Waals surface area contributed by atoms with E-state index in [4.69, 9.17) is 5.11 Å². The maximum atomic E-state index is 11.0. The number of carbonyl (C=O) groups is 1. The lowest BCUT2D eigenvalue weighted by Crippen LogP contribution is -2.33. The zero-order valence-electron chi connectivity index (χ0n) is 14.2. The molecule has 24 heavy (non-hydrogen) atoms. The minimum atomic E-state index is -0.865. The third-order valence-corrected chi connectivity index (χ3v) is 5.13. The molecular weight excluding hydrogens is 298 g/mol. The molecule has 2 atom stereocenters. The molecule has 2 aromatic rings. The zero-order chi connectivity index (χ0) is 16.9. The van der Waals surface area contributed by atoms with Crippen LogP contribution in [0.4, 0.5) is 0 Å². The summed E-state index contributed by atoms with van der Waals surface area (Å²) in [5, 5.41) is 9.02. The van der Waals surface area contributed by atoms with Gasteiger partial charge in [-0.25, -0.2) is 4.79 Å². The van der Waals surface area contributed by atoms with E-state index in [0.29, 0.717) is 17.5 Å². The van der Waals surface area contributed by atoms with Gasteiger partial charge in [0.25, 0.3) is 0 Å². The molecular formula is C21H25NO2. The van der Waals surface area contributed by atoms with Gasteiger partial charge in [0.2, 0.25) is 0 Å². The molecule has 2 unspecified atom stereocenters. The van der Waals surface area contributed by atoms with E-state index < -0.39 is 5.97 Å². The Morgan fingerprint density at radius 1 is 1.17 bits per heavy atom. The number of carboxylic acid groups (broad SMARTS) is 1. The largest absolute Gasteiger partial charge is 0.478 e. The molecule has 0 spiro atoms. The molecule has 0 bridgehead atoms. The fraction of sp³-hybridized carbons (Fsp3) is 0.381. The molecule has 1 heterocycles. The molecule has 0 saturated carbocycles. The number of rotatable bonds is 6. The maximum Gasteiger partial charge on any atom is 0.335 e. The van der Waals surface area contributed by atoms with E-state index >= 15 is 0 Å². The van der Waals surface area contributed by atoms with Crippen LogP contribution in [0.3, 0.4) is 0 Å². The summed E-state index contributed by atoms with van der Waals surface area (Å²) in [4.78, 5) is 13.5. The highest BCUT2D eigenvalue weighted by molar-refractivity contribution is 5.87. The molecule has 3 nitrogen and oxygen atoms in total. The number of likely N-dealkylation sites (tertiary alicyclic amines) is 1. The van der Waals surface area contributed by atoms with Crippen molar-refractivity contribution in [3.8, 4) is 0 Å². The second-order valence-corrected chi connectivity index (χ2v) is 6.61. The summed E-state index contributed by atoms with van der Waals surface area (Å²) in [6, 6.07) is 18.7. The number of hydrogen-bond donors (Lipinski definition) is 1. The van der Waals surface area contributed by atoms with Gasteiger partial charge in [-0.1, -0.05) is 49.4 Å². The van der Waals surface area contributed by atoms with E-state index in [2.05, 4.69) is 42.2 Å². The summed E-state index contributed by atoms with van der Waals surface area (Å²) in [7, 11) is 0. The van der Waals surface area contributed by atoms with Gasteiger partial charge >= 0.3 is 5.97 Å². The Balaban J connectivity index is 1.74. The molecule has 3 rings (SSSR count). The molecule has 1 aliphatic heterocycles. The molecule has 0 aliphatic carbocycles. The summed E-state index contributed by atoms with van der Waals surface area (Å²) >= 11 is 0. The Labute approximate surface area is 143 Å². The van der Waals surface area contributed by atoms with Crippen LogP contribution in [-0.4, -0.2) is 28.6 Å². The van der Waals surface area contributed by atoms with E-state index in [1.807, 2.05) is 12.1 Å². The van der Waals surface area contributed by atoms with Crippen LogP contribution in [0, 0.1) is 0 Å². The first kappa shape index (κ1) is 16.7. The number of nitrogens with zero attached hydrogens (tertiary/aromatic N) is 1. The zero-order valence-corrected chi connectivity index (χ0v) is 14.2. The van der Waals surface area contributed by atoms with Crippen molar-refractivity contribution in [2.24, 2.45) is 0 Å². The quantitative estimate of drug-likeness (QED) is 0.848. The van der Waals surface area contributed by atoms with E-state index in [0.717, 1.165) is 19.5 Å². The first-order chi connectivity index (χ1) is 11.7. The highest BCUT2D eigenvalue weighted by Crippen LogP contribution is 2.34. The molecule has 2 aromatic carbocycles. The van der Waals surface area contributed by atoms with Gasteiger partial charge in [0, 0.05) is 12.6 Å². The van der Waals surface area contributed by atoms with Crippen LogP contribution in [0.15, 0.2) is 54.6 Å². The van der Waals surface area contributed by atoms with E-state index in [1.54, 1.807) is 12.1 Å². The number of aromatic carboxylic acids is 1. The van der Waals surface area contributed by atoms with Crippen molar-refractivity contribution in [1.82, 2.24) is 4.90 Å². The van der Waals surface area contributed by atoms with Crippen LogP contribution in [0.5, 0.6) is 0 Å². The molecule has 0 amide bonds. The lowest BCUT2D eigenvalue weighted by Gasteiger charge is -2.31. The average molecular weight is 323 g/mol. The standard InChI is InChI=1S/C21H25NO2/c1-2-19(17-7-4-3-5-8-17)20-9-6-14-22(20)15-16-10-12-18(13-11-16)21(23)24/h3-5,7-8,10-13,19-20H,2,6,9,14-15H2,1H3,(H,23,24). The SMILES string of the molecule is CCC(c1ccccc1)C1CCCN1Cc1ccc(C(=O)O)cc1. The Morgan fingerprint density at radius 3 is 2.50 bits per heavy atom. The van der Waals surface area contributed by atoms with Crippen molar-refractivity contribution >= 4 is 5.97 Å². The highest BCUT2D eigenvalue weighted by Gasteiger charge is 2.31. The van der Waals surface area contributed by atoms with Crippen LogP contribution in [-0.2, 0) is 6.54 Å². The second-order valence-electron chi connectivity index (χ2n) is 6.61. The summed E-state index contributed by atoms with van der Waals surface area (Å²) < 4.78 is 0. The normalized spacial score (nSPS) is 19.3. The number of carboxylic acids is 1. The molecule has 1 aliphatic rings. The molecule has 0 aromatic heterocycles. The molecule has 1 fully saturated rings. The topological polar surface area (TPSA) is 40.5 Å². The first-order valence-electron chi connectivity index (χ1n) is 8.80. The van der Waals surface area contributed by atoms with Crippen LogP contribution >= 0.6 is 0 Å². The van der Waals surface area contributed by atoms with E-state index in [1.165, 1.54) is 24.0 Å². The van der Waals surface area contributed by atoms with Crippen molar-refractivity contribution in [2.75, 3.05) is 6.54 Å². The summed E-state index contributed by atoms with van der Waals surface area (Å²) in [6.07, 6.45) is 3.62. The average Bonchev–Trinajstić information content (AvgIpc) is 3.05. The van der Waals surface area contributed by atoms with Gasteiger partial charge in [0.05, 0.1) is 5.56 Å². The smallest absolute Gasteiger partial charge is 0.335 e. The summed E-state index contributed by atoms with van der Waals surface area (Å²) in [6.45, 7) is 4.29. The van der Waals surface area contributed by atoms with Gasteiger partial charge in [-0.3, -0.25) is 4.90 Å². The monoisotopic (exact) mass is 323 g/mol. The van der Waals surface area contributed by atoms with Gasteiger partial charge in [-0.15, -0.1) is 0 Å². The Hall–Kier alpha value is -2.13. The van der Waals surface area contributed by atoms with Gasteiger partial charge < -0.3 is 5.11 Å². The second kappa shape index (κ2) is 7.63. The fourth-order valence-electron chi connectivity index (χ4n) is 3.92. The first-order valence-corrected chi connectivity index (χ1v) is 8.80. The van der Waals surface area contributed by atoms with Crippen molar-refractivity contribution in [3.63, 3.8) is 0 Å². The van der Waals surface area contributed by atoms with Crippen molar-refractivity contribution in [3.05, 3.63) is 71.3 Å². The van der Waals surface area contributed by atoms with E-state index in [9.17, 15) is 4.79 Å². The molecule has 3 heteroatoms. The van der Waals surface area contributed by atoms with Crippen LogP contribution in [0.2, 0.25) is 0 Å². The summed E-state index contributed by atoms with van der Waals surface area (Å²) in [5.41, 5.74) is 2.97. The summed E-state index contributed by atoms with van der Waals surface area (Å²) in [5.74, 6) is -0.303. The Kier molecular flexibility index (Phi) is 5.31. The third kappa shape index (κ3) is 3.68. The number of benzene rings is 2. The van der Waals surface area contributed by atoms with E-state index in [-0.39, 0.29) is 0 Å². The maximum absolute atomic E-state index is 11.0. The van der Waals surface area contributed by atoms with Crippen molar-refractivity contribution in [2.45, 2.75) is 44.7 Å². The molecule has 1 N–H and O–H groups in total. The van der Waals surface area contributed by atoms with Gasteiger partial charge in [0.1, 0.15) is 0 Å². The molecule has 0 radical (unpaired) electrons. The number of hydrogen-bond acceptors (Lipinski definition) is 2. The van der Waals surface area contributed by atoms with Crippen LogP contribution in [0.25, 0.3) is 0 Å². The minimum absolute atomic E-state index is 0.354. The van der Waals surface area contributed by atoms with Crippen LogP contribution < -0.4 is 0 Å². The third-order valence-electron chi connectivity index (χ3n) is 5.13. The van der Waals surface area contributed by atoms with Gasteiger partial charge in [-0.2, -0.15) is 0 Å². The van der Waals surface area contributed by atoms with Crippen molar-refractivity contribution < 1.29 is 9.90 Å². The minimum Gasteiger partial charge on any atom is -0.478 e.